The summed E-state index contributed by atoms with van der Waals surface area (Å²) in [6, 6.07) is 23.4. The van der Waals surface area contributed by atoms with Gasteiger partial charge in [0, 0.05) is 12.0 Å². The number of rotatable bonds is 8. The average Bonchev–Trinajstić information content (AvgIpc) is 3.45. The van der Waals surface area contributed by atoms with Crippen molar-refractivity contribution in [3.05, 3.63) is 111 Å². The number of hydrogen-bond acceptors (Lipinski definition) is 7. The summed E-state index contributed by atoms with van der Waals surface area (Å²) in [7, 11) is 0. The second kappa shape index (κ2) is 11.9. The molecule has 0 unspecified atom stereocenters. The Morgan fingerprint density at radius 3 is 2.40 bits per heavy atom. The van der Waals surface area contributed by atoms with Gasteiger partial charge < -0.3 is 5.11 Å². The summed E-state index contributed by atoms with van der Waals surface area (Å²) >= 11 is 11.9. The van der Waals surface area contributed by atoms with Crippen LogP contribution in [0.2, 0.25) is 0 Å². The fourth-order valence-corrected chi connectivity index (χ4v) is 5.65. The van der Waals surface area contributed by atoms with Crippen molar-refractivity contribution in [2.75, 3.05) is 0 Å². The summed E-state index contributed by atoms with van der Waals surface area (Å²) < 4.78 is 2.16. The van der Waals surface area contributed by atoms with E-state index in [2.05, 4.69) is 15.3 Å². The summed E-state index contributed by atoms with van der Waals surface area (Å²) in [5.74, 6) is -0.915. The summed E-state index contributed by atoms with van der Waals surface area (Å²) in [4.78, 5) is 26.8. The minimum Gasteiger partial charge on any atom is -0.480 e. The van der Waals surface area contributed by atoms with Crippen LogP contribution in [0.15, 0.2) is 88.9 Å². The molecule has 1 aliphatic heterocycles. The molecule has 5 rings (SSSR count). The van der Waals surface area contributed by atoms with Crippen LogP contribution in [0.5, 0.6) is 0 Å². The number of thiocarbonyl (C=S) groups is 1. The van der Waals surface area contributed by atoms with Crippen molar-refractivity contribution in [3.63, 3.8) is 0 Å². The number of H-pyrrole nitrogens is 1. The number of carbonyl (C=O) groups excluding carboxylic acids is 1. The van der Waals surface area contributed by atoms with Gasteiger partial charge in [0.1, 0.15) is 10.4 Å². The van der Waals surface area contributed by atoms with E-state index in [0.29, 0.717) is 15.5 Å². The minimum atomic E-state index is -1.10. The van der Waals surface area contributed by atoms with E-state index in [-0.39, 0.29) is 10.7 Å². The van der Waals surface area contributed by atoms with E-state index in [4.69, 9.17) is 24.4 Å². The normalized spacial score (nSPS) is 15.3. The molecule has 200 valence electrons. The van der Waals surface area contributed by atoms with Crippen LogP contribution in [0, 0.1) is 11.7 Å². The second-order valence-corrected chi connectivity index (χ2v) is 11.1. The zero-order valence-corrected chi connectivity index (χ0v) is 23.7. The molecule has 1 atom stereocenters. The predicted octanol–water partition coefficient (Wildman–Crippen LogP) is 5.70. The Morgan fingerprint density at radius 1 is 1.05 bits per heavy atom. The molecular weight excluding hydrogens is 563 g/mol. The fourth-order valence-electron chi connectivity index (χ4n) is 4.12. The average molecular weight is 586 g/mol. The van der Waals surface area contributed by atoms with Crippen molar-refractivity contribution in [1.29, 1.82) is 0 Å². The minimum absolute atomic E-state index is 0.163. The third-order valence-corrected chi connectivity index (χ3v) is 7.80. The SMILES string of the molecule is Cc1ccc(-c2n[nH]c(=S)n2/N=C/c2ccc(/C=C3\SC(=S)N([C@@H](Cc4ccccc4)C(=O)O)C3=O)cc2)cc1. The highest BCUT2D eigenvalue weighted by Crippen LogP contribution is 2.34. The lowest BCUT2D eigenvalue weighted by molar-refractivity contribution is -0.145. The molecule has 3 aromatic carbocycles. The van der Waals surface area contributed by atoms with E-state index in [1.807, 2.05) is 85.8 Å². The number of nitrogens with one attached hydrogen (secondary N) is 1. The van der Waals surface area contributed by atoms with Gasteiger partial charge in [-0.2, -0.15) is 14.9 Å². The molecule has 1 saturated heterocycles. The van der Waals surface area contributed by atoms with Crippen molar-refractivity contribution in [1.82, 2.24) is 19.8 Å². The van der Waals surface area contributed by atoms with Crippen LogP contribution in [0.4, 0.5) is 0 Å². The maximum absolute atomic E-state index is 13.2. The largest absolute Gasteiger partial charge is 0.480 e. The highest BCUT2D eigenvalue weighted by molar-refractivity contribution is 8.26. The molecule has 0 spiro atoms. The van der Waals surface area contributed by atoms with Gasteiger partial charge in [-0.05, 0) is 41.9 Å². The summed E-state index contributed by atoms with van der Waals surface area (Å²) in [5.41, 5.74) is 4.43. The lowest BCUT2D eigenvalue weighted by atomic mass is 10.0. The van der Waals surface area contributed by atoms with Gasteiger partial charge in [0.25, 0.3) is 5.91 Å². The second-order valence-electron chi connectivity index (χ2n) is 9.04. The van der Waals surface area contributed by atoms with Gasteiger partial charge in [-0.3, -0.25) is 9.69 Å². The monoisotopic (exact) mass is 585 g/mol. The summed E-state index contributed by atoms with van der Waals surface area (Å²) in [6.07, 6.45) is 3.55. The molecule has 4 aromatic rings. The van der Waals surface area contributed by atoms with Crippen molar-refractivity contribution in [2.45, 2.75) is 19.4 Å². The molecule has 0 aliphatic carbocycles. The Labute approximate surface area is 245 Å². The molecular formula is C29H23N5O3S3. The van der Waals surface area contributed by atoms with Crippen LogP contribution >= 0.6 is 36.2 Å². The number of aromatic nitrogens is 3. The van der Waals surface area contributed by atoms with Gasteiger partial charge in [0.05, 0.1) is 11.1 Å². The standard InChI is InChI=1S/C29H23N5O3S3/c1-18-7-13-22(14-8-18)25-31-32-28(38)34(25)30-17-21-11-9-20(10-12-21)16-24-26(35)33(29(39)40-24)23(27(36)37)15-19-5-3-2-4-6-19/h2-14,16-17,23H,15H2,1H3,(H,32,38)(H,36,37)/b24-16-,30-17+/t23-/m0/s1. The Balaban J connectivity index is 1.32. The molecule has 1 aliphatic rings. The molecule has 8 nitrogen and oxygen atoms in total. The molecule has 1 fully saturated rings. The first-order valence-electron chi connectivity index (χ1n) is 12.2. The van der Waals surface area contributed by atoms with E-state index in [1.165, 1.54) is 4.90 Å². The summed E-state index contributed by atoms with van der Waals surface area (Å²) in [5, 5.41) is 21.5. The number of carboxylic acid groups (broad SMARTS) is 1. The number of carbonyl (C=O) groups is 2. The highest BCUT2D eigenvalue weighted by atomic mass is 32.2. The Hall–Kier alpha value is -4.19. The fraction of sp³-hybridized carbons (Fsp3) is 0.103. The van der Waals surface area contributed by atoms with E-state index in [1.54, 1.807) is 17.0 Å². The lowest BCUT2D eigenvalue weighted by Gasteiger charge is -2.23. The zero-order chi connectivity index (χ0) is 28.2. The van der Waals surface area contributed by atoms with Crippen LogP contribution in [0.25, 0.3) is 17.5 Å². The van der Waals surface area contributed by atoms with Gasteiger partial charge >= 0.3 is 5.97 Å². The molecule has 0 bridgehead atoms. The quantitative estimate of drug-likeness (QED) is 0.155. The van der Waals surface area contributed by atoms with Gasteiger partial charge in [-0.1, -0.05) is 108 Å². The number of amides is 1. The maximum atomic E-state index is 13.2. The zero-order valence-electron chi connectivity index (χ0n) is 21.2. The van der Waals surface area contributed by atoms with Gasteiger partial charge in [0.15, 0.2) is 5.82 Å². The number of aryl methyl sites for hydroxylation is 1. The third kappa shape index (κ3) is 6.01. The topological polar surface area (TPSA) is 104 Å². The van der Waals surface area contributed by atoms with Gasteiger partial charge in [0.2, 0.25) is 4.77 Å². The van der Waals surface area contributed by atoms with Crippen molar-refractivity contribution in [3.8, 4) is 11.4 Å². The van der Waals surface area contributed by atoms with Crippen molar-refractivity contribution >= 4 is 64.7 Å². The number of thioether (sulfide) groups is 1. The van der Waals surface area contributed by atoms with Crippen molar-refractivity contribution < 1.29 is 14.7 Å². The highest BCUT2D eigenvalue weighted by Gasteiger charge is 2.40. The van der Waals surface area contributed by atoms with Crippen LogP contribution in [0.1, 0.15) is 22.3 Å². The Kier molecular flexibility index (Phi) is 8.15. The van der Waals surface area contributed by atoms with E-state index in [9.17, 15) is 14.7 Å². The van der Waals surface area contributed by atoms with Crippen LogP contribution in [-0.4, -0.2) is 53.3 Å². The van der Waals surface area contributed by atoms with Gasteiger partial charge in [-0.25, -0.2) is 9.89 Å². The van der Waals surface area contributed by atoms with Gasteiger partial charge in [-0.15, -0.1) is 0 Å². The maximum Gasteiger partial charge on any atom is 0.327 e. The van der Waals surface area contributed by atoms with E-state index in [0.717, 1.165) is 39.6 Å². The molecule has 40 heavy (non-hydrogen) atoms. The van der Waals surface area contributed by atoms with Crippen LogP contribution in [-0.2, 0) is 16.0 Å². The number of nitrogens with zero attached hydrogens (tertiary/aromatic N) is 4. The van der Waals surface area contributed by atoms with Crippen LogP contribution < -0.4 is 0 Å². The van der Waals surface area contributed by atoms with E-state index >= 15 is 0 Å². The number of aromatic amines is 1. The Morgan fingerprint density at radius 2 is 1.73 bits per heavy atom. The molecule has 0 saturated carbocycles. The molecule has 2 heterocycles. The molecule has 11 heteroatoms. The van der Waals surface area contributed by atoms with E-state index < -0.39 is 17.9 Å². The molecule has 2 N–H and O–H groups in total. The molecule has 1 aromatic heterocycles. The first-order valence-corrected chi connectivity index (χ1v) is 13.9. The molecule has 1 amide bonds. The van der Waals surface area contributed by atoms with Crippen molar-refractivity contribution in [2.24, 2.45) is 5.10 Å². The number of benzene rings is 3. The Bertz CT molecular complexity index is 1690. The number of aliphatic carboxylic acids is 1. The lowest BCUT2D eigenvalue weighted by Crippen LogP contribution is -2.45. The first kappa shape index (κ1) is 27.4. The predicted molar refractivity (Wildman–Crippen MR) is 164 cm³/mol. The third-order valence-electron chi connectivity index (χ3n) is 6.21. The number of hydrogen-bond donors (Lipinski definition) is 2. The summed E-state index contributed by atoms with van der Waals surface area (Å²) in [6.45, 7) is 2.02. The molecule has 0 radical (unpaired) electrons. The number of carboxylic acids is 1. The van der Waals surface area contributed by atoms with Crippen LogP contribution in [0.3, 0.4) is 0 Å². The smallest absolute Gasteiger partial charge is 0.327 e. The first-order chi connectivity index (χ1) is 19.3.